The van der Waals surface area contributed by atoms with Crippen LogP contribution in [0.4, 0.5) is 15.9 Å². The summed E-state index contributed by atoms with van der Waals surface area (Å²) in [5, 5.41) is 1.18. The van der Waals surface area contributed by atoms with Crippen LogP contribution in [0.5, 0.6) is 0 Å². The highest BCUT2D eigenvalue weighted by Gasteiger charge is 2.22. The highest BCUT2D eigenvalue weighted by Crippen LogP contribution is 2.34. The molecule has 0 saturated carbocycles. The quantitative estimate of drug-likeness (QED) is 0.657. The third-order valence-electron chi connectivity index (χ3n) is 4.03. The molecule has 4 rings (SSSR count). The third kappa shape index (κ3) is 2.05. The molecule has 1 aliphatic rings. The Labute approximate surface area is 122 Å². The molecule has 0 aliphatic carbocycles. The smallest absolute Gasteiger partial charge is 0.137 e. The lowest BCUT2D eigenvalue weighted by atomic mass is 10.1. The Balaban J connectivity index is 1.85. The summed E-state index contributed by atoms with van der Waals surface area (Å²) in [5.41, 5.74) is 4.48. The summed E-state index contributed by atoms with van der Waals surface area (Å²) in [6, 6.07) is 15.2. The lowest BCUT2D eigenvalue weighted by Gasteiger charge is -2.18. The Bertz CT molecular complexity index is 824. The summed E-state index contributed by atoms with van der Waals surface area (Å²) in [6.07, 6.45) is 0.976. The number of halogens is 1. The number of aryl methyl sites for hydroxylation is 1. The zero-order valence-corrected chi connectivity index (χ0v) is 11.8. The number of aromatic nitrogens is 1. The summed E-state index contributed by atoms with van der Waals surface area (Å²) in [5.74, 6) is 0.792. The molecule has 1 aliphatic heterocycles. The van der Waals surface area contributed by atoms with Crippen LogP contribution < -0.4 is 4.90 Å². The van der Waals surface area contributed by atoms with Gasteiger partial charge in [0.25, 0.3) is 0 Å². The first kappa shape index (κ1) is 12.3. The molecule has 0 unspecified atom stereocenters. The Morgan fingerprint density at radius 1 is 1.05 bits per heavy atom. The second-order valence-electron chi connectivity index (χ2n) is 5.55. The first-order valence-corrected chi connectivity index (χ1v) is 7.14. The first-order chi connectivity index (χ1) is 10.2. The highest BCUT2D eigenvalue weighted by atomic mass is 19.1. The summed E-state index contributed by atoms with van der Waals surface area (Å²) < 4.78 is 13.1. The van der Waals surface area contributed by atoms with Crippen molar-refractivity contribution in [3.8, 4) is 0 Å². The number of hydrogen-bond acceptors (Lipinski definition) is 2. The molecule has 0 N–H and O–H groups in total. The lowest BCUT2D eigenvalue weighted by Crippen LogP contribution is -2.14. The van der Waals surface area contributed by atoms with Gasteiger partial charge >= 0.3 is 0 Å². The number of pyridine rings is 1. The zero-order valence-electron chi connectivity index (χ0n) is 11.8. The normalized spacial score (nSPS) is 13.7. The van der Waals surface area contributed by atoms with Gasteiger partial charge in [-0.1, -0.05) is 12.1 Å². The minimum absolute atomic E-state index is 0.208. The van der Waals surface area contributed by atoms with E-state index in [-0.39, 0.29) is 5.82 Å². The standard InChI is InChI=1S/C18H15FN2/c1-12-2-3-13-11-14-8-9-21(18(14)20-17(13)10-12)16-6-4-15(19)5-7-16/h2-7,10-11H,8-9H2,1H3. The van der Waals surface area contributed by atoms with E-state index in [4.69, 9.17) is 4.98 Å². The fraction of sp³-hybridized carbons (Fsp3) is 0.167. The topological polar surface area (TPSA) is 16.1 Å². The van der Waals surface area contributed by atoms with Crippen LogP contribution in [0.2, 0.25) is 0 Å². The highest BCUT2D eigenvalue weighted by molar-refractivity contribution is 5.84. The van der Waals surface area contributed by atoms with Gasteiger partial charge in [0.05, 0.1) is 5.52 Å². The molecule has 2 heterocycles. The SMILES string of the molecule is Cc1ccc2cc3c(nc2c1)N(c1ccc(F)cc1)CC3. The van der Waals surface area contributed by atoms with Gasteiger partial charge < -0.3 is 4.90 Å². The van der Waals surface area contributed by atoms with Gasteiger partial charge in [-0.15, -0.1) is 0 Å². The molecule has 0 spiro atoms. The summed E-state index contributed by atoms with van der Waals surface area (Å²) in [4.78, 5) is 6.99. The molecule has 104 valence electrons. The van der Waals surface area contributed by atoms with E-state index in [0.717, 1.165) is 30.0 Å². The molecular formula is C18H15FN2. The third-order valence-corrected chi connectivity index (χ3v) is 4.03. The van der Waals surface area contributed by atoms with E-state index in [2.05, 4.69) is 36.1 Å². The molecule has 0 saturated heterocycles. The summed E-state index contributed by atoms with van der Waals surface area (Å²) >= 11 is 0. The van der Waals surface area contributed by atoms with Gasteiger partial charge in [0.2, 0.25) is 0 Å². The van der Waals surface area contributed by atoms with Gasteiger partial charge in [0, 0.05) is 17.6 Å². The molecule has 2 aromatic carbocycles. The van der Waals surface area contributed by atoms with Crippen LogP contribution in [0.3, 0.4) is 0 Å². The summed E-state index contributed by atoms with van der Waals surface area (Å²) in [7, 11) is 0. The van der Waals surface area contributed by atoms with Gasteiger partial charge in [0.15, 0.2) is 0 Å². The molecule has 3 heteroatoms. The van der Waals surface area contributed by atoms with Gasteiger partial charge in [-0.3, -0.25) is 0 Å². The maximum absolute atomic E-state index is 13.1. The van der Waals surface area contributed by atoms with Crippen molar-refractivity contribution in [1.82, 2.24) is 4.98 Å². The number of hydrogen-bond donors (Lipinski definition) is 0. The van der Waals surface area contributed by atoms with Crippen LogP contribution >= 0.6 is 0 Å². The van der Waals surface area contributed by atoms with Crippen molar-refractivity contribution in [3.05, 3.63) is 65.5 Å². The second kappa shape index (κ2) is 4.55. The van der Waals surface area contributed by atoms with Crippen molar-refractivity contribution in [2.24, 2.45) is 0 Å². The average molecular weight is 278 g/mol. The molecule has 0 amide bonds. The van der Waals surface area contributed by atoms with Crippen molar-refractivity contribution < 1.29 is 4.39 Å². The van der Waals surface area contributed by atoms with Gasteiger partial charge in [-0.05, 0) is 60.9 Å². The first-order valence-electron chi connectivity index (χ1n) is 7.14. The number of anilines is 2. The number of benzene rings is 2. The molecule has 3 aromatic rings. The van der Waals surface area contributed by atoms with Crippen LogP contribution in [-0.4, -0.2) is 11.5 Å². The Hall–Kier alpha value is -2.42. The van der Waals surface area contributed by atoms with Crippen LogP contribution in [0, 0.1) is 12.7 Å². The minimum Gasteiger partial charge on any atom is -0.326 e. The molecule has 0 fully saturated rings. The molecule has 1 aromatic heterocycles. The predicted octanol–water partition coefficient (Wildman–Crippen LogP) is 4.38. The summed E-state index contributed by atoms with van der Waals surface area (Å²) in [6.45, 7) is 2.97. The van der Waals surface area contributed by atoms with E-state index in [1.165, 1.54) is 28.6 Å². The molecular weight excluding hydrogens is 263 g/mol. The maximum atomic E-state index is 13.1. The van der Waals surface area contributed by atoms with E-state index < -0.39 is 0 Å². The van der Waals surface area contributed by atoms with E-state index in [0.29, 0.717) is 0 Å². The Kier molecular flexibility index (Phi) is 2.67. The van der Waals surface area contributed by atoms with Crippen molar-refractivity contribution in [2.75, 3.05) is 11.4 Å². The van der Waals surface area contributed by atoms with Crippen LogP contribution in [0.1, 0.15) is 11.1 Å². The van der Waals surface area contributed by atoms with E-state index >= 15 is 0 Å². The maximum Gasteiger partial charge on any atom is 0.137 e. The minimum atomic E-state index is -0.208. The fourth-order valence-corrected chi connectivity index (χ4v) is 2.94. The lowest BCUT2D eigenvalue weighted by molar-refractivity contribution is 0.628. The van der Waals surface area contributed by atoms with E-state index in [1.807, 2.05) is 12.1 Å². The Morgan fingerprint density at radius 3 is 2.67 bits per heavy atom. The zero-order chi connectivity index (χ0) is 14.4. The van der Waals surface area contributed by atoms with E-state index in [9.17, 15) is 4.39 Å². The van der Waals surface area contributed by atoms with Gasteiger partial charge in [-0.25, -0.2) is 9.37 Å². The molecule has 0 radical (unpaired) electrons. The molecule has 21 heavy (non-hydrogen) atoms. The largest absolute Gasteiger partial charge is 0.326 e. The van der Waals surface area contributed by atoms with E-state index in [1.54, 1.807) is 0 Å². The monoisotopic (exact) mass is 278 g/mol. The number of fused-ring (bicyclic) bond motifs is 2. The van der Waals surface area contributed by atoms with Crippen molar-refractivity contribution in [1.29, 1.82) is 0 Å². The number of nitrogens with zero attached hydrogens (tertiary/aromatic N) is 2. The van der Waals surface area contributed by atoms with Crippen molar-refractivity contribution >= 4 is 22.4 Å². The van der Waals surface area contributed by atoms with Crippen molar-refractivity contribution in [2.45, 2.75) is 13.3 Å². The van der Waals surface area contributed by atoms with Gasteiger partial charge in [0.1, 0.15) is 11.6 Å². The van der Waals surface area contributed by atoms with Crippen LogP contribution in [0.15, 0.2) is 48.5 Å². The predicted molar refractivity (Wildman–Crippen MR) is 83.6 cm³/mol. The molecule has 0 atom stereocenters. The molecule has 0 bridgehead atoms. The van der Waals surface area contributed by atoms with Crippen molar-refractivity contribution in [3.63, 3.8) is 0 Å². The van der Waals surface area contributed by atoms with Gasteiger partial charge in [-0.2, -0.15) is 0 Å². The molecule has 2 nitrogen and oxygen atoms in total. The fourth-order valence-electron chi connectivity index (χ4n) is 2.94. The average Bonchev–Trinajstić information content (AvgIpc) is 2.88. The van der Waals surface area contributed by atoms with Crippen LogP contribution in [-0.2, 0) is 6.42 Å². The number of rotatable bonds is 1. The van der Waals surface area contributed by atoms with Crippen LogP contribution in [0.25, 0.3) is 10.9 Å². The Morgan fingerprint density at radius 2 is 1.86 bits per heavy atom. The second-order valence-corrected chi connectivity index (χ2v) is 5.55.